The summed E-state index contributed by atoms with van der Waals surface area (Å²) in [6, 6.07) is 6.06. The van der Waals surface area contributed by atoms with Crippen molar-refractivity contribution in [1.82, 2.24) is 0 Å². The molecule has 0 aliphatic rings. The number of ketones is 1. The topological polar surface area (TPSA) is 40.9 Å². The van der Waals surface area contributed by atoms with Crippen LogP contribution in [0.15, 0.2) is 24.3 Å². The van der Waals surface area contributed by atoms with Gasteiger partial charge in [-0.2, -0.15) is 18.4 Å². The number of benzene rings is 1. The number of halogens is 4. The van der Waals surface area contributed by atoms with Crippen LogP contribution in [0.5, 0.6) is 0 Å². The Balaban J connectivity index is 3.41. The average molecular weight is 290 g/mol. The Bertz CT molecular complexity index is 521. The monoisotopic (exact) mass is 289 g/mol. The molecule has 19 heavy (non-hydrogen) atoms. The summed E-state index contributed by atoms with van der Waals surface area (Å²) in [6.07, 6.45) is -4.54. The van der Waals surface area contributed by atoms with Gasteiger partial charge in [-0.05, 0) is 31.0 Å². The summed E-state index contributed by atoms with van der Waals surface area (Å²) in [7, 11) is 0. The van der Waals surface area contributed by atoms with Crippen LogP contribution >= 0.6 is 11.6 Å². The first kappa shape index (κ1) is 15.5. The van der Waals surface area contributed by atoms with E-state index in [1.807, 2.05) is 6.07 Å². The standard InChI is InChI=1S/C13H11ClF3NO/c1-9(19)12(8-18,5-6-14)10-3-2-4-11(7-10)13(15,16)17/h2-4,7H,5-6H2,1H3. The largest absolute Gasteiger partial charge is 0.416 e. The minimum absolute atomic E-state index is 0.00336. The molecule has 0 amide bonds. The quantitative estimate of drug-likeness (QED) is 0.793. The van der Waals surface area contributed by atoms with E-state index < -0.39 is 22.9 Å². The molecular weight excluding hydrogens is 279 g/mol. The lowest BCUT2D eigenvalue weighted by molar-refractivity contribution is -0.137. The Kier molecular flexibility index (Phi) is 4.59. The molecule has 6 heteroatoms. The van der Waals surface area contributed by atoms with Crippen LogP contribution in [0.2, 0.25) is 0 Å². The molecule has 1 rings (SSSR count). The highest BCUT2D eigenvalue weighted by atomic mass is 35.5. The smallest absolute Gasteiger partial charge is 0.298 e. The molecule has 1 atom stereocenters. The SMILES string of the molecule is CC(=O)C(C#N)(CCCl)c1cccc(C(F)(F)F)c1. The van der Waals surface area contributed by atoms with Crippen molar-refractivity contribution in [2.75, 3.05) is 5.88 Å². The fourth-order valence-electron chi connectivity index (χ4n) is 1.83. The fraction of sp³-hybridized carbons (Fsp3) is 0.385. The average Bonchev–Trinajstić information content (AvgIpc) is 2.34. The van der Waals surface area contributed by atoms with Crippen LogP contribution in [-0.2, 0) is 16.4 Å². The highest BCUT2D eigenvalue weighted by molar-refractivity contribution is 6.18. The first-order valence-corrected chi connectivity index (χ1v) is 5.97. The number of Topliss-reactive ketones (excluding diaryl/α,β-unsaturated/α-hetero) is 1. The van der Waals surface area contributed by atoms with Gasteiger partial charge in [-0.15, -0.1) is 11.6 Å². The van der Waals surface area contributed by atoms with E-state index in [2.05, 4.69) is 0 Å². The summed E-state index contributed by atoms with van der Waals surface area (Å²) in [4.78, 5) is 11.7. The lowest BCUT2D eigenvalue weighted by Gasteiger charge is -2.24. The number of hydrogen-bond donors (Lipinski definition) is 0. The van der Waals surface area contributed by atoms with E-state index in [0.29, 0.717) is 0 Å². The lowest BCUT2D eigenvalue weighted by Crippen LogP contribution is -2.33. The van der Waals surface area contributed by atoms with Crippen molar-refractivity contribution in [3.8, 4) is 6.07 Å². The zero-order valence-electron chi connectivity index (χ0n) is 10.1. The Labute approximate surface area is 113 Å². The van der Waals surface area contributed by atoms with Gasteiger partial charge >= 0.3 is 6.18 Å². The molecule has 102 valence electrons. The second-order valence-electron chi connectivity index (χ2n) is 4.09. The van der Waals surface area contributed by atoms with Gasteiger partial charge in [0.15, 0.2) is 5.78 Å². The molecule has 0 aliphatic heterocycles. The Morgan fingerprint density at radius 3 is 2.37 bits per heavy atom. The van der Waals surface area contributed by atoms with E-state index in [1.165, 1.54) is 19.1 Å². The molecule has 1 aromatic carbocycles. The molecule has 0 N–H and O–H groups in total. The van der Waals surface area contributed by atoms with E-state index in [0.717, 1.165) is 12.1 Å². The van der Waals surface area contributed by atoms with Crippen LogP contribution in [0.3, 0.4) is 0 Å². The Morgan fingerprint density at radius 2 is 1.95 bits per heavy atom. The third kappa shape index (κ3) is 3.07. The van der Waals surface area contributed by atoms with Gasteiger partial charge in [0, 0.05) is 5.88 Å². The summed E-state index contributed by atoms with van der Waals surface area (Å²) in [6.45, 7) is 1.18. The zero-order valence-corrected chi connectivity index (χ0v) is 10.8. The van der Waals surface area contributed by atoms with Crippen molar-refractivity contribution in [3.05, 3.63) is 35.4 Å². The second-order valence-corrected chi connectivity index (χ2v) is 4.47. The van der Waals surface area contributed by atoms with Crippen LogP contribution in [0.1, 0.15) is 24.5 Å². The highest BCUT2D eigenvalue weighted by Gasteiger charge is 2.39. The van der Waals surface area contributed by atoms with Crippen LogP contribution in [0, 0.1) is 11.3 Å². The fourth-order valence-corrected chi connectivity index (χ4v) is 2.11. The van der Waals surface area contributed by atoms with Gasteiger partial charge in [-0.25, -0.2) is 0 Å². The van der Waals surface area contributed by atoms with Crippen LogP contribution in [0.4, 0.5) is 13.2 Å². The minimum Gasteiger partial charge on any atom is -0.298 e. The molecule has 0 fully saturated rings. The first-order valence-electron chi connectivity index (χ1n) is 5.44. The van der Waals surface area contributed by atoms with E-state index in [-0.39, 0.29) is 17.9 Å². The van der Waals surface area contributed by atoms with Gasteiger partial charge in [-0.1, -0.05) is 12.1 Å². The molecule has 1 aromatic rings. The van der Waals surface area contributed by atoms with E-state index in [1.54, 1.807) is 0 Å². The summed E-state index contributed by atoms with van der Waals surface area (Å²) < 4.78 is 38.0. The maximum absolute atomic E-state index is 12.7. The van der Waals surface area contributed by atoms with Crippen molar-refractivity contribution in [1.29, 1.82) is 5.26 Å². The third-order valence-corrected chi connectivity index (χ3v) is 3.13. The summed E-state index contributed by atoms with van der Waals surface area (Å²) in [5, 5.41) is 9.21. The van der Waals surface area contributed by atoms with Crippen molar-refractivity contribution in [3.63, 3.8) is 0 Å². The van der Waals surface area contributed by atoms with E-state index in [4.69, 9.17) is 11.6 Å². The predicted molar refractivity (Wildman–Crippen MR) is 64.8 cm³/mol. The van der Waals surface area contributed by atoms with Crippen molar-refractivity contribution >= 4 is 17.4 Å². The van der Waals surface area contributed by atoms with Gasteiger partial charge in [0.1, 0.15) is 5.41 Å². The number of nitrogens with zero attached hydrogens (tertiary/aromatic N) is 1. The number of alkyl halides is 4. The summed E-state index contributed by atoms with van der Waals surface area (Å²) in [5.74, 6) is -0.515. The lowest BCUT2D eigenvalue weighted by atomic mass is 9.76. The number of carbonyl (C=O) groups is 1. The number of carbonyl (C=O) groups excluding carboxylic acids is 1. The van der Waals surface area contributed by atoms with Gasteiger partial charge in [0.05, 0.1) is 11.6 Å². The van der Waals surface area contributed by atoms with Gasteiger partial charge < -0.3 is 0 Å². The van der Waals surface area contributed by atoms with Crippen LogP contribution < -0.4 is 0 Å². The molecule has 0 bridgehead atoms. The third-order valence-electron chi connectivity index (χ3n) is 2.94. The normalized spacial score (nSPS) is 14.5. The van der Waals surface area contributed by atoms with Crippen molar-refractivity contribution in [2.24, 2.45) is 0 Å². The van der Waals surface area contributed by atoms with E-state index >= 15 is 0 Å². The molecule has 0 saturated carbocycles. The number of hydrogen-bond acceptors (Lipinski definition) is 2. The second kappa shape index (κ2) is 5.62. The van der Waals surface area contributed by atoms with Crippen molar-refractivity contribution in [2.45, 2.75) is 24.9 Å². The molecule has 2 nitrogen and oxygen atoms in total. The van der Waals surface area contributed by atoms with Crippen LogP contribution in [0.25, 0.3) is 0 Å². The summed E-state index contributed by atoms with van der Waals surface area (Å²) in [5.41, 5.74) is -2.48. The maximum atomic E-state index is 12.7. The van der Waals surface area contributed by atoms with E-state index in [9.17, 15) is 23.2 Å². The Hall–Kier alpha value is -1.54. The summed E-state index contributed by atoms with van der Waals surface area (Å²) >= 11 is 5.56. The molecule has 1 unspecified atom stereocenters. The van der Waals surface area contributed by atoms with Crippen LogP contribution in [-0.4, -0.2) is 11.7 Å². The van der Waals surface area contributed by atoms with Gasteiger partial charge in [0.2, 0.25) is 0 Å². The predicted octanol–water partition coefficient (Wildman–Crippen LogP) is 3.68. The molecule has 0 aliphatic carbocycles. The minimum atomic E-state index is -4.52. The zero-order chi connectivity index (χ0) is 14.7. The molecule has 0 radical (unpaired) electrons. The molecule has 0 saturated heterocycles. The molecule has 0 spiro atoms. The Morgan fingerprint density at radius 1 is 1.37 bits per heavy atom. The van der Waals surface area contributed by atoms with Crippen molar-refractivity contribution < 1.29 is 18.0 Å². The molecule has 0 aromatic heterocycles. The highest BCUT2D eigenvalue weighted by Crippen LogP contribution is 2.35. The molecule has 0 heterocycles. The first-order chi connectivity index (χ1) is 8.78. The van der Waals surface area contributed by atoms with Gasteiger partial charge in [0.25, 0.3) is 0 Å². The maximum Gasteiger partial charge on any atom is 0.416 e. The van der Waals surface area contributed by atoms with Gasteiger partial charge in [-0.3, -0.25) is 4.79 Å². The molecular formula is C13H11ClF3NO. The number of rotatable bonds is 4. The number of nitriles is 1.